The van der Waals surface area contributed by atoms with Crippen LogP contribution in [0.3, 0.4) is 0 Å². The Morgan fingerprint density at radius 3 is 2.79 bits per heavy atom. The van der Waals surface area contributed by atoms with Gasteiger partial charge in [-0.15, -0.1) is 0 Å². The minimum atomic E-state index is 0.431. The van der Waals surface area contributed by atoms with Crippen molar-refractivity contribution in [2.24, 2.45) is 0 Å². The van der Waals surface area contributed by atoms with Crippen molar-refractivity contribution in [1.29, 1.82) is 0 Å². The Balaban J connectivity index is 2.36. The lowest BCUT2D eigenvalue weighted by atomic mass is 10.2. The van der Waals surface area contributed by atoms with Crippen molar-refractivity contribution < 1.29 is 0 Å². The zero-order valence-electron chi connectivity index (χ0n) is 10.2. The fraction of sp³-hybridized carbons (Fsp3) is 0.0714. The second-order valence-electron chi connectivity index (χ2n) is 4.39. The minimum absolute atomic E-state index is 0.431. The van der Waals surface area contributed by atoms with Gasteiger partial charge >= 0.3 is 0 Å². The van der Waals surface area contributed by atoms with Crippen molar-refractivity contribution in [3.8, 4) is 5.69 Å². The molecule has 19 heavy (non-hydrogen) atoms. The molecule has 0 aliphatic heterocycles. The predicted octanol–water partition coefficient (Wildman–Crippen LogP) is 4.33. The predicted molar refractivity (Wildman–Crippen MR) is 82.9 cm³/mol. The number of hydrogen-bond donors (Lipinski definition) is 1. The van der Waals surface area contributed by atoms with E-state index in [-0.39, 0.29) is 0 Å². The number of imidazole rings is 1. The highest BCUT2D eigenvalue weighted by Gasteiger charge is 2.13. The van der Waals surface area contributed by atoms with E-state index in [2.05, 4.69) is 20.9 Å². The first-order valence-corrected chi connectivity index (χ1v) is 6.93. The maximum absolute atomic E-state index is 6.27. The fourth-order valence-electron chi connectivity index (χ4n) is 2.12. The Hall–Kier alpha value is -1.52. The zero-order chi connectivity index (χ0) is 13.6. The van der Waals surface area contributed by atoms with E-state index in [1.54, 1.807) is 0 Å². The largest absolute Gasteiger partial charge is 0.369 e. The SMILES string of the molecule is Cc1ccc2c(c1)nc(N)n2-c1cc(Br)ccc1Cl. The molecule has 0 aliphatic carbocycles. The molecule has 0 bridgehead atoms. The van der Waals surface area contributed by atoms with E-state index >= 15 is 0 Å². The molecule has 2 N–H and O–H groups in total. The van der Waals surface area contributed by atoms with Crippen LogP contribution < -0.4 is 5.73 Å². The molecular weight excluding hydrogens is 326 g/mol. The summed E-state index contributed by atoms with van der Waals surface area (Å²) in [5.74, 6) is 0.431. The average molecular weight is 337 g/mol. The topological polar surface area (TPSA) is 43.8 Å². The molecule has 3 rings (SSSR count). The van der Waals surface area contributed by atoms with Gasteiger partial charge in [-0.05, 0) is 42.8 Å². The van der Waals surface area contributed by atoms with E-state index in [1.807, 2.05) is 47.9 Å². The molecular formula is C14H11BrClN3. The van der Waals surface area contributed by atoms with Gasteiger partial charge in [0, 0.05) is 4.47 Å². The van der Waals surface area contributed by atoms with Crippen molar-refractivity contribution in [2.45, 2.75) is 6.92 Å². The van der Waals surface area contributed by atoms with Crippen LogP contribution in [0.1, 0.15) is 5.56 Å². The summed E-state index contributed by atoms with van der Waals surface area (Å²) in [5.41, 5.74) is 9.82. The van der Waals surface area contributed by atoms with Crippen LogP contribution in [-0.2, 0) is 0 Å². The summed E-state index contributed by atoms with van der Waals surface area (Å²) in [6.07, 6.45) is 0. The number of hydrogen-bond acceptors (Lipinski definition) is 2. The maximum Gasteiger partial charge on any atom is 0.205 e. The number of aryl methyl sites for hydroxylation is 1. The monoisotopic (exact) mass is 335 g/mol. The first-order valence-electron chi connectivity index (χ1n) is 5.76. The standard InChI is InChI=1S/C14H11BrClN3/c1-8-2-5-12-11(6-8)18-14(17)19(12)13-7-9(15)3-4-10(13)16/h2-7H,1H3,(H2,17,18). The van der Waals surface area contributed by atoms with Gasteiger partial charge in [0.2, 0.25) is 5.95 Å². The van der Waals surface area contributed by atoms with Crippen molar-refractivity contribution in [3.63, 3.8) is 0 Å². The third-order valence-electron chi connectivity index (χ3n) is 2.99. The van der Waals surface area contributed by atoms with E-state index < -0.39 is 0 Å². The van der Waals surface area contributed by atoms with E-state index in [0.29, 0.717) is 11.0 Å². The average Bonchev–Trinajstić information content (AvgIpc) is 2.67. The lowest BCUT2D eigenvalue weighted by Crippen LogP contribution is -2.01. The maximum atomic E-state index is 6.27. The van der Waals surface area contributed by atoms with Crippen molar-refractivity contribution in [1.82, 2.24) is 9.55 Å². The molecule has 3 nitrogen and oxygen atoms in total. The Morgan fingerprint density at radius 2 is 2.00 bits per heavy atom. The summed E-state index contributed by atoms with van der Waals surface area (Å²) in [6, 6.07) is 11.7. The molecule has 2 aromatic carbocycles. The highest BCUT2D eigenvalue weighted by atomic mass is 79.9. The number of benzene rings is 2. The summed E-state index contributed by atoms with van der Waals surface area (Å²) in [7, 11) is 0. The molecule has 3 aromatic rings. The molecule has 0 radical (unpaired) electrons. The van der Waals surface area contributed by atoms with E-state index in [1.165, 1.54) is 0 Å². The van der Waals surface area contributed by atoms with E-state index in [0.717, 1.165) is 26.8 Å². The van der Waals surface area contributed by atoms with Gasteiger partial charge in [-0.1, -0.05) is 33.6 Å². The number of nitrogen functional groups attached to an aromatic ring is 1. The van der Waals surface area contributed by atoms with Crippen LogP contribution in [0.4, 0.5) is 5.95 Å². The quantitative estimate of drug-likeness (QED) is 0.718. The summed E-state index contributed by atoms with van der Waals surface area (Å²) < 4.78 is 2.81. The highest BCUT2D eigenvalue weighted by Crippen LogP contribution is 2.30. The van der Waals surface area contributed by atoms with Crippen LogP contribution in [0.5, 0.6) is 0 Å². The molecule has 5 heteroatoms. The minimum Gasteiger partial charge on any atom is -0.369 e. The van der Waals surface area contributed by atoms with Crippen molar-refractivity contribution >= 4 is 44.5 Å². The summed E-state index contributed by atoms with van der Waals surface area (Å²) in [4.78, 5) is 4.39. The molecule has 0 saturated heterocycles. The zero-order valence-corrected chi connectivity index (χ0v) is 12.5. The fourth-order valence-corrected chi connectivity index (χ4v) is 2.67. The molecule has 96 valence electrons. The molecule has 0 spiro atoms. The number of anilines is 1. The van der Waals surface area contributed by atoms with Crippen LogP contribution in [0.2, 0.25) is 5.02 Å². The van der Waals surface area contributed by atoms with Gasteiger partial charge < -0.3 is 5.73 Å². The molecule has 1 heterocycles. The van der Waals surface area contributed by atoms with Crippen molar-refractivity contribution in [3.05, 3.63) is 51.5 Å². The van der Waals surface area contributed by atoms with E-state index in [9.17, 15) is 0 Å². The first-order chi connectivity index (χ1) is 9.06. The number of aromatic nitrogens is 2. The van der Waals surface area contributed by atoms with Crippen molar-refractivity contribution in [2.75, 3.05) is 5.73 Å². The molecule has 0 saturated carbocycles. The number of halogens is 2. The number of nitrogens with two attached hydrogens (primary N) is 1. The Morgan fingerprint density at radius 1 is 1.21 bits per heavy atom. The molecule has 1 aromatic heterocycles. The number of rotatable bonds is 1. The van der Waals surface area contributed by atoms with E-state index in [4.69, 9.17) is 17.3 Å². The van der Waals surface area contributed by atoms with Crippen LogP contribution in [0, 0.1) is 6.92 Å². The molecule has 0 amide bonds. The van der Waals surface area contributed by atoms with Crippen LogP contribution in [0.15, 0.2) is 40.9 Å². The molecule has 0 fully saturated rings. The van der Waals surface area contributed by atoms with Crippen LogP contribution in [-0.4, -0.2) is 9.55 Å². The lowest BCUT2D eigenvalue weighted by molar-refractivity contribution is 1.11. The van der Waals surface area contributed by atoms with Gasteiger partial charge in [-0.25, -0.2) is 4.98 Å². The second-order valence-corrected chi connectivity index (χ2v) is 5.72. The third-order valence-corrected chi connectivity index (χ3v) is 3.80. The van der Waals surface area contributed by atoms with Gasteiger partial charge in [-0.2, -0.15) is 0 Å². The molecule has 0 atom stereocenters. The molecule has 0 aliphatic rings. The summed E-state index contributed by atoms with van der Waals surface area (Å²) >= 11 is 9.72. The first kappa shape index (κ1) is 12.5. The Kier molecular flexibility index (Phi) is 2.99. The van der Waals surface area contributed by atoms with Crippen LogP contribution >= 0.6 is 27.5 Å². The Bertz CT molecular complexity index is 780. The normalized spacial score (nSPS) is 11.1. The second kappa shape index (κ2) is 4.54. The van der Waals surface area contributed by atoms with Gasteiger partial charge in [0.1, 0.15) is 0 Å². The lowest BCUT2D eigenvalue weighted by Gasteiger charge is -2.09. The van der Waals surface area contributed by atoms with Gasteiger partial charge in [0.05, 0.1) is 21.7 Å². The summed E-state index contributed by atoms with van der Waals surface area (Å²) in [5, 5.41) is 0.634. The van der Waals surface area contributed by atoms with Gasteiger partial charge in [0.15, 0.2) is 0 Å². The number of nitrogens with zero attached hydrogens (tertiary/aromatic N) is 2. The number of fused-ring (bicyclic) bond motifs is 1. The Labute approximate surface area is 124 Å². The highest BCUT2D eigenvalue weighted by molar-refractivity contribution is 9.10. The van der Waals surface area contributed by atoms with Gasteiger partial charge in [0.25, 0.3) is 0 Å². The third kappa shape index (κ3) is 2.11. The van der Waals surface area contributed by atoms with Crippen LogP contribution in [0.25, 0.3) is 16.7 Å². The van der Waals surface area contributed by atoms with Gasteiger partial charge in [-0.3, -0.25) is 4.57 Å². The summed E-state index contributed by atoms with van der Waals surface area (Å²) in [6.45, 7) is 2.03. The molecule has 0 unspecified atom stereocenters. The smallest absolute Gasteiger partial charge is 0.205 e.